The molecular weight excluding hydrogens is 358 g/mol. The monoisotopic (exact) mass is 385 g/mol. The largest absolute Gasteiger partial charge is 0.463 e. The number of piperidine rings is 1. The molecule has 28 heavy (non-hydrogen) atoms. The number of ether oxygens (including phenoxy) is 1. The maximum Gasteiger partial charge on any atom is 0.308 e. The van der Waals surface area contributed by atoms with Gasteiger partial charge < -0.3 is 15.4 Å². The molecule has 1 aliphatic heterocycles. The smallest absolute Gasteiger partial charge is 0.308 e. The second kappa shape index (κ2) is 9.45. The first-order chi connectivity index (χ1) is 13.5. The summed E-state index contributed by atoms with van der Waals surface area (Å²) < 4.78 is 7.01. The van der Waals surface area contributed by atoms with E-state index in [1.54, 1.807) is 24.7 Å². The highest BCUT2D eigenvalue weighted by atomic mass is 16.5. The molecule has 1 fully saturated rings. The van der Waals surface area contributed by atoms with Crippen LogP contribution in [0.5, 0.6) is 0 Å². The van der Waals surface area contributed by atoms with Gasteiger partial charge in [-0.2, -0.15) is 0 Å². The molecule has 0 saturated carbocycles. The van der Waals surface area contributed by atoms with Crippen molar-refractivity contribution in [3.63, 3.8) is 0 Å². The molecule has 2 N–H and O–H groups in total. The van der Waals surface area contributed by atoms with Gasteiger partial charge in [0.25, 0.3) is 5.91 Å². The first-order valence-corrected chi connectivity index (χ1v) is 9.70. The van der Waals surface area contributed by atoms with E-state index in [-0.39, 0.29) is 36.1 Å². The van der Waals surface area contributed by atoms with E-state index in [1.807, 2.05) is 30.3 Å². The van der Waals surface area contributed by atoms with Crippen molar-refractivity contribution < 1.29 is 14.3 Å². The quantitative estimate of drug-likeness (QED) is 0.708. The number of esters is 1. The molecule has 3 rings (SSSR count). The third-order valence-corrected chi connectivity index (χ3v) is 4.67. The van der Waals surface area contributed by atoms with E-state index in [0.29, 0.717) is 0 Å². The fourth-order valence-corrected chi connectivity index (χ4v) is 3.28. The van der Waals surface area contributed by atoms with Crippen molar-refractivity contribution in [2.24, 2.45) is 0 Å². The van der Waals surface area contributed by atoms with Gasteiger partial charge in [-0.1, -0.05) is 35.5 Å². The second-order valence-electron chi connectivity index (χ2n) is 7.24. The van der Waals surface area contributed by atoms with Gasteiger partial charge in [0.05, 0.1) is 30.8 Å². The lowest BCUT2D eigenvalue weighted by molar-refractivity contribution is -0.147. The van der Waals surface area contributed by atoms with Crippen LogP contribution in [-0.4, -0.2) is 46.1 Å². The van der Waals surface area contributed by atoms with Crippen molar-refractivity contribution in [2.45, 2.75) is 51.3 Å². The molecule has 1 saturated heterocycles. The number of amides is 1. The van der Waals surface area contributed by atoms with Crippen LogP contribution in [0.1, 0.15) is 61.2 Å². The van der Waals surface area contributed by atoms with E-state index in [1.165, 1.54) is 0 Å². The number of rotatable bonds is 7. The Morgan fingerprint density at radius 2 is 1.96 bits per heavy atom. The minimum Gasteiger partial charge on any atom is -0.463 e. The highest BCUT2D eigenvalue weighted by molar-refractivity contribution is 5.92. The highest BCUT2D eigenvalue weighted by Crippen LogP contribution is 2.20. The minimum atomic E-state index is -0.496. The normalized spacial score (nSPS) is 16.0. The summed E-state index contributed by atoms with van der Waals surface area (Å²) in [5, 5.41) is 14.4. The third-order valence-electron chi connectivity index (χ3n) is 4.67. The number of nitrogens with one attached hydrogen (secondary N) is 2. The van der Waals surface area contributed by atoms with Crippen molar-refractivity contribution in [2.75, 3.05) is 13.1 Å². The lowest BCUT2D eigenvalue weighted by Gasteiger charge is -2.22. The topological polar surface area (TPSA) is 98.1 Å². The molecule has 8 nitrogen and oxygen atoms in total. The predicted octanol–water partition coefficient (Wildman–Crippen LogP) is 2.02. The van der Waals surface area contributed by atoms with E-state index in [0.717, 1.165) is 31.5 Å². The fraction of sp³-hybridized carbons (Fsp3) is 0.500. The molecule has 0 radical (unpaired) electrons. The van der Waals surface area contributed by atoms with Gasteiger partial charge in [0.15, 0.2) is 5.69 Å². The second-order valence-corrected chi connectivity index (χ2v) is 7.24. The van der Waals surface area contributed by atoms with E-state index in [4.69, 9.17) is 4.74 Å². The number of carbonyl (C=O) groups excluding carboxylic acids is 2. The summed E-state index contributed by atoms with van der Waals surface area (Å²) >= 11 is 0. The molecule has 2 heterocycles. The number of nitrogens with zero attached hydrogens (tertiary/aromatic N) is 3. The molecule has 0 spiro atoms. The molecule has 1 atom stereocenters. The summed E-state index contributed by atoms with van der Waals surface area (Å²) in [5.74, 6) is -0.714. The zero-order valence-corrected chi connectivity index (χ0v) is 16.3. The Morgan fingerprint density at radius 1 is 1.25 bits per heavy atom. The Kier molecular flexibility index (Phi) is 6.76. The zero-order valence-electron chi connectivity index (χ0n) is 16.3. The van der Waals surface area contributed by atoms with Gasteiger partial charge in [-0.3, -0.25) is 9.59 Å². The molecule has 1 aliphatic rings. The van der Waals surface area contributed by atoms with Crippen LogP contribution in [0.2, 0.25) is 0 Å². The molecule has 0 bridgehead atoms. The van der Waals surface area contributed by atoms with Crippen LogP contribution < -0.4 is 10.6 Å². The first kappa shape index (κ1) is 20.0. The summed E-state index contributed by atoms with van der Waals surface area (Å²) in [6, 6.07) is 9.13. The van der Waals surface area contributed by atoms with Gasteiger partial charge in [-0.25, -0.2) is 4.68 Å². The third kappa shape index (κ3) is 5.39. The van der Waals surface area contributed by atoms with E-state index >= 15 is 0 Å². The molecule has 2 aromatic rings. The van der Waals surface area contributed by atoms with E-state index in [2.05, 4.69) is 20.9 Å². The fourth-order valence-electron chi connectivity index (χ4n) is 3.28. The van der Waals surface area contributed by atoms with Crippen molar-refractivity contribution in [3.05, 3.63) is 47.8 Å². The Balaban J connectivity index is 1.70. The molecule has 1 aromatic heterocycles. The van der Waals surface area contributed by atoms with Gasteiger partial charge in [0, 0.05) is 0 Å². The van der Waals surface area contributed by atoms with E-state index in [9.17, 15) is 9.59 Å². The lowest BCUT2D eigenvalue weighted by Crippen LogP contribution is -2.31. The minimum absolute atomic E-state index is 0.0519. The zero-order chi connectivity index (χ0) is 19.9. The average Bonchev–Trinajstić information content (AvgIpc) is 3.18. The Labute approximate surface area is 164 Å². The van der Waals surface area contributed by atoms with E-state index < -0.39 is 6.04 Å². The van der Waals surface area contributed by atoms with Crippen LogP contribution in [-0.2, 0) is 9.53 Å². The molecule has 150 valence electrons. The van der Waals surface area contributed by atoms with Crippen LogP contribution in [0.3, 0.4) is 0 Å². The molecule has 8 heteroatoms. The highest BCUT2D eigenvalue weighted by Gasteiger charge is 2.23. The van der Waals surface area contributed by atoms with Gasteiger partial charge in [0.2, 0.25) is 0 Å². The van der Waals surface area contributed by atoms with Crippen LogP contribution in [0.25, 0.3) is 0 Å². The van der Waals surface area contributed by atoms with Gasteiger partial charge in [-0.05, 0) is 45.3 Å². The van der Waals surface area contributed by atoms with Crippen molar-refractivity contribution >= 4 is 11.9 Å². The standard InChI is InChI=1S/C20H27N5O3/c1-14(2)28-19(26)12-17(15-6-4-3-5-7-15)22-20(27)18-13-25(24-23-18)16-8-10-21-11-9-16/h3-7,13-14,16-17,21H,8-12H2,1-2H3,(H,22,27). The van der Waals surface area contributed by atoms with Crippen LogP contribution >= 0.6 is 0 Å². The lowest BCUT2D eigenvalue weighted by atomic mass is 10.0. The Morgan fingerprint density at radius 3 is 2.64 bits per heavy atom. The molecule has 1 aromatic carbocycles. The number of hydrogen-bond donors (Lipinski definition) is 2. The number of carbonyl (C=O) groups is 2. The number of aromatic nitrogens is 3. The maximum atomic E-state index is 12.7. The SMILES string of the molecule is CC(C)OC(=O)CC(NC(=O)c1cn(C2CCNCC2)nn1)c1ccccc1. The van der Waals surface area contributed by atoms with Crippen LogP contribution in [0, 0.1) is 0 Å². The first-order valence-electron chi connectivity index (χ1n) is 9.70. The molecular formula is C20H27N5O3. The van der Waals surface area contributed by atoms with Crippen LogP contribution in [0.4, 0.5) is 0 Å². The Hall–Kier alpha value is -2.74. The predicted molar refractivity (Wildman–Crippen MR) is 104 cm³/mol. The average molecular weight is 385 g/mol. The summed E-state index contributed by atoms with van der Waals surface area (Å²) in [4.78, 5) is 24.9. The van der Waals surface area contributed by atoms with Crippen molar-refractivity contribution in [1.82, 2.24) is 25.6 Å². The van der Waals surface area contributed by atoms with Gasteiger partial charge in [0.1, 0.15) is 0 Å². The number of hydrogen-bond acceptors (Lipinski definition) is 6. The Bertz CT molecular complexity index is 784. The van der Waals surface area contributed by atoms with Gasteiger partial charge >= 0.3 is 5.97 Å². The number of benzene rings is 1. The summed E-state index contributed by atoms with van der Waals surface area (Å²) in [6.07, 6.45) is 3.44. The molecule has 1 amide bonds. The van der Waals surface area contributed by atoms with Crippen molar-refractivity contribution in [1.29, 1.82) is 0 Å². The van der Waals surface area contributed by atoms with Crippen LogP contribution in [0.15, 0.2) is 36.5 Å². The van der Waals surface area contributed by atoms with Gasteiger partial charge in [-0.15, -0.1) is 5.10 Å². The molecule has 0 aliphatic carbocycles. The maximum absolute atomic E-state index is 12.7. The van der Waals surface area contributed by atoms with Crippen molar-refractivity contribution in [3.8, 4) is 0 Å². The summed E-state index contributed by atoms with van der Waals surface area (Å²) in [5.41, 5.74) is 1.08. The summed E-state index contributed by atoms with van der Waals surface area (Å²) in [7, 11) is 0. The summed E-state index contributed by atoms with van der Waals surface area (Å²) in [6.45, 7) is 5.46. The molecule has 1 unspecified atom stereocenters.